The molecule has 1 aromatic heterocycles. The van der Waals surface area contributed by atoms with E-state index in [0.29, 0.717) is 5.69 Å². The zero-order valence-electron chi connectivity index (χ0n) is 6.38. The van der Waals surface area contributed by atoms with Crippen molar-refractivity contribution in [3.8, 4) is 5.92 Å². The van der Waals surface area contributed by atoms with Gasteiger partial charge in [-0.05, 0) is 26.2 Å². The Hall–Kier alpha value is -1.27. The third kappa shape index (κ3) is 1.41. The molecular formula is C8H8NO2. The van der Waals surface area contributed by atoms with Gasteiger partial charge in [0.05, 0.1) is 5.69 Å². The molecule has 1 unspecified atom stereocenters. The lowest BCUT2D eigenvalue weighted by atomic mass is 10.1. The molecule has 0 fully saturated rings. The molecule has 0 bridgehead atoms. The zero-order chi connectivity index (χ0) is 8.48. The van der Waals surface area contributed by atoms with Crippen molar-refractivity contribution < 1.29 is 9.63 Å². The third-order valence-corrected chi connectivity index (χ3v) is 1.35. The van der Waals surface area contributed by atoms with Gasteiger partial charge in [0.25, 0.3) is 0 Å². The average Bonchev–Trinajstić information content (AvgIpc) is 2.36. The minimum absolute atomic E-state index is 0.241. The lowest BCUT2D eigenvalue weighted by Crippen LogP contribution is -2.16. The summed E-state index contributed by atoms with van der Waals surface area (Å²) in [4.78, 5) is 0. The van der Waals surface area contributed by atoms with Gasteiger partial charge in [-0.15, -0.1) is 0 Å². The second-order valence-electron chi connectivity index (χ2n) is 2.53. The van der Waals surface area contributed by atoms with Crippen LogP contribution in [0.3, 0.4) is 0 Å². The van der Waals surface area contributed by atoms with Gasteiger partial charge in [-0.2, -0.15) is 0 Å². The molecule has 1 rings (SSSR count). The van der Waals surface area contributed by atoms with Crippen LogP contribution in [0, 0.1) is 19.3 Å². The lowest BCUT2D eigenvalue weighted by Gasteiger charge is -2.09. The molecule has 0 aliphatic rings. The zero-order valence-corrected chi connectivity index (χ0v) is 6.38. The fourth-order valence-corrected chi connectivity index (χ4v) is 0.655. The summed E-state index contributed by atoms with van der Waals surface area (Å²) in [5, 5.41) is 12.9. The predicted octanol–water partition coefficient (Wildman–Crippen LogP) is 0.780. The van der Waals surface area contributed by atoms with E-state index in [1.165, 1.54) is 6.92 Å². The predicted molar refractivity (Wildman–Crippen MR) is 37.9 cm³/mol. The number of aliphatic hydroxyl groups is 1. The summed E-state index contributed by atoms with van der Waals surface area (Å²) in [6.45, 7) is 3.16. The molecule has 0 spiro atoms. The van der Waals surface area contributed by atoms with Crippen molar-refractivity contribution in [2.75, 3.05) is 0 Å². The monoisotopic (exact) mass is 150 g/mol. The van der Waals surface area contributed by atoms with Crippen LogP contribution in [0.4, 0.5) is 0 Å². The SMILES string of the molecule is [C]#CC(C)(O)c1cc(C)no1. The summed E-state index contributed by atoms with van der Waals surface area (Å²) in [6.07, 6.45) is 6.76. The number of rotatable bonds is 1. The summed E-state index contributed by atoms with van der Waals surface area (Å²) in [6, 6.07) is 1.57. The summed E-state index contributed by atoms with van der Waals surface area (Å²) < 4.78 is 4.74. The first-order valence-electron chi connectivity index (χ1n) is 3.16. The van der Waals surface area contributed by atoms with Crippen LogP contribution < -0.4 is 0 Å². The molecule has 1 atom stereocenters. The van der Waals surface area contributed by atoms with E-state index in [4.69, 9.17) is 10.9 Å². The Morgan fingerprint density at radius 1 is 1.82 bits per heavy atom. The molecule has 1 N–H and O–H groups in total. The minimum atomic E-state index is -1.46. The highest BCUT2D eigenvalue weighted by Crippen LogP contribution is 2.19. The van der Waals surface area contributed by atoms with Crippen LogP contribution in [-0.4, -0.2) is 10.3 Å². The Bertz CT molecular complexity index is 293. The Morgan fingerprint density at radius 2 is 2.45 bits per heavy atom. The highest BCUT2D eigenvalue weighted by atomic mass is 16.5. The molecule has 1 radical (unpaired) electrons. The second-order valence-corrected chi connectivity index (χ2v) is 2.53. The normalized spacial score (nSPS) is 15.5. The van der Waals surface area contributed by atoms with Crippen LogP contribution >= 0.6 is 0 Å². The van der Waals surface area contributed by atoms with Crippen molar-refractivity contribution >= 4 is 0 Å². The van der Waals surface area contributed by atoms with E-state index in [-0.39, 0.29) is 5.76 Å². The van der Waals surface area contributed by atoms with Crippen molar-refractivity contribution in [3.05, 3.63) is 23.9 Å². The summed E-state index contributed by atoms with van der Waals surface area (Å²) in [5.41, 5.74) is -0.781. The maximum Gasteiger partial charge on any atom is 0.184 e. The van der Waals surface area contributed by atoms with Crippen molar-refractivity contribution in [1.29, 1.82) is 0 Å². The van der Waals surface area contributed by atoms with Crippen LogP contribution in [0.15, 0.2) is 10.6 Å². The quantitative estimate of drug-likeness (QED) is 0.602. The van der Waals surface area contributed by atoms with Crippen molar-refractivity contribution in [2.24, 2.45) is 0 Å². The first-order valence-corrected chi connectivity index (χ1v) is 3.16. The summed E-state index contributed by atoms with van der Waals surface area (Å²) >= 11 is 0. The maximum absolute atomic E-state index is 9.38. The molecular weight excluding hydrogens is 142 g/mol. The molecule has 0 aliphatic heterocycles. The van der Waals surface area contributed by atoms with E-state index >= 15 is 0 Å². The van der Waals surface area contributed by atoms with Crippen LogP contribution in [0.2, 0.25) is 0 Å². The smallest absolute Gasteiger partial charge is 0.184 e. The second kappa shape index (κ2) is 2.40. The standard InChI is InChI=1S/C8H8NO2/c1-4-8(3,10)7-5-6(2)9-11-7/h5,10H,2-3H3. The third-order valence-electron chi connectivity index (χ3n) is 1.35. The van der Waals surface area contributed by atoms with Crippen molar-refractivity contribution in [3.63, 3.8) is 0 Å². The first kappa shape index (κ1) is 7.83. The van der Waals surface area contributed by atoms with Gasteiger partial charge in [0.15, 0.2) is 11.4 Å². The topological polar surface area (TPSA) is 46.3 Å². The van der Waals surface area contributed by atoms with E-state index in [2.05, 4.69) is 5.16 Å². The lowest BCUT2D eigenvalue weighted by molar-refractivity contribution is 0.0870. The van der Waals surface area contributed by atoms with Gasteiger partial charge in [0.2, 0.25) is 0 Å². The number of aromatic nitrogens is 1. The van der Waals surface area contributed by atoms with Crippen molar-refractivity contribution in [2.45, 2.75) is 19.4 Å². The fraction of sp³-hybridized carbons (Fsp3) is 0.375. The van der Waals surface area contributed by atoms with E-state index in [1.54, 1.807) is 13.0 Å². The van der Waals surface area contributed by atoms with Crippen molar-refractivity contribution in [1.82, 2.24) is 5.16 Å². The van der Waals surface area contributed by atoms with E-state index in [0.717, 1.165) is 0 Å². The number of hydrogen-bond acceptors (Lipinski definition) is 3. The fourth-order valence-electron chi connectivity index (χ4n) is 0.655. The number of nitrogens with zero attached hydrogens (tertiary/aromatic N) is 1. The molecule has 1 aromatic rings. The van der Waals surface area contributed by atoms with Crippen LogP contribution in [-0.2, 0) is 5.60 Å². The van der Waals surface area contributed by atoms with Crippen LogP contribution in [0.25, 0.3) is 0 Å². The van der Waals surface area contributed by atoms with Gasteiger partial charge in [-0.25, -0.2) is 0 Å². The van der Waals surface area contributed by atoms with Crippen LogP contribution in [0.5, 0.6) is 0 Å². The molecule has 0 aliphatic carbocycles. The number of hydrogen-bond donors (Lipinski definition) is 1. The molecule has 3 nitrogen and oxygen atoms in total. The molecule has 3 heteroatoms. The Balaban J connectivity index is 3.04. The molecule has 1 heterocycles. The molecule has 0 amide bonds. The maximum atomic E-state index is 9.38. The highest BCUT2D eigenvalue weighted by molar-refractivity contribution is 5.19. The van der Waals surface area contributed by atoms with E-state index in [1.807, 2.05) is 5.92 Å². The number of aryl methyl sites for hydroxylation is 1. The largest absolute Gasteiger partial charge is 0.371 e. The first-order chi connectivity index (χ1) is 5.06. The van der Waals surface area contributed by atoms with Gasteiger partial charge >= 0.3 is 0 Å². The van der Waals surface area contributed by atoms with Gasteiger partial charge in [0, 0.05) is 6.07 Å². The highest BCUT2D eigenvalue weighted by Gasteiger charge is 2.24. The molecule has 11 heavy (non-hydrogen) atoms. The minimum Gasteiger partial charge on any atom is -0.371 e. The Kier molecular flexibility index (Phi) is 1.71. The average molecular weight is 150 g/mol. The molecule has 0 saturated heterocycles. The van der Waals surface area contributed by atoms with Gasteiger partial charge in [-0.3, -0.25) is 0 Å². The van der Waals surface area contributed by atoms with Crippen LogP contribution in [0.1, 0.15) is 18.4 Å². The Morgan fingerprint density at radius 3 is 2.82 bits per heavy atom. The molecule has 0 saturated carbocycles. The summed E-state index contributed by atoms with van der Waals surface area (Å²) in [7, 11) is 0. The van der Waals surface area contributed by atoms with E-state index in [9.17, 15) is 5.11 Å². The molecule has 57 valence electrons. The molecule has 0 aromatic carbocycles. The summed E-state index contributed by atoms with van der Waals surface area (Å²) in [5.74, 6) is 2.18. The van der Waals surface area contributed by atoms with E-state index < -0.39 is 5.60 Å². The Labute approximate surface area is 65.0 Å². The van der Waals surface area contributed by atoms with Gasteiger partial charge < -0.3 is 9.63 Å². The van der Waals surface area contributed by atoms with Gasteiger partial charge in [-0.1, -0.05) is 5.16 Å². The van der Waals surface area contributed by atoms with Gasteiger partial charge in [0.1, 0.15) is 0 Å².